The van der Waals surface area contributed by atoms with Gasteiger partial charge in [0.15, 0.2) is 0 Å². The zero-order valence-corrected chi connectivity index (χ0v) is 9.20. The number of halogens is 1. The number of hydrogen-bond acceptors (Lipinski definition) is 3. The van der Waals surface area contributed by atoms with Crippen LogP contribution in [0.25, 0.3) is 11.0 Å². The number of aromatic nitrogens is 2. The Morgan fingerprint density at radius 2 is 2.38 bits per heavy atom. The molecule has 1 unspecified atom stereocenters. The fraction of sp³-hybridized carbons (Fsp3) is 0.200. The number of fused-ring (bicyclic) bond motifs is 1. The van der Waals surface area contributed by atoms with Crippen LogP contribution < -0.4 is 5.73 Å². The summed E-state index contributed by atoms with van der Waals surface area (Å²) in [6.07, 6.45) is 3.74. The molecule has 1 atom stereocenters. The summed E-state index contributed by atoms with van der Waals surface area (Å²) < 4.78 is 0. The van der Waals surface area contributed by atoms with Crippen LogP contribution in [0.2, 0.25) is 0 Å². The van der Waals surface area contributed by atoms with Crippen LogP contribution >= 0.6 is 12.4 Å². The Bertz CT molecular complexity index is 498. The van der Waals surface area contributed by atoms with Crippen LogP contribution in [0.4, 0.5) is 0 Å². The SMILES string of the molecule is Cl.NC(Cc1c[nH]c2ncccc12)C(=O)O. The van der Waals surface area contributed by atoms with Crippen molar-refractivity contribution in [1.82, 2.24) is 9.97 Å². The Hall–Kier alpha value is -1.59. The van der Waals surface area contributed by atoms with Crippen molar-refractivity contribution in [3.05, 3.63) is 30.1 Å². The third-order valence-corrected chi connectivity index (χ3v) is 2.29. The average Bonchev–Trinajstić information content (AvgIpc) is 2.62. The molecule has 2 rings (SSSR count). The van der Waals surface area contributed by atoms with Crippen molar-refractivity contribution in [2.24, 2.45) is 5.73 Å². The van der Waals surface area contributed by atoms with Crippen LogP contribution in [0.15, 0.2) is 24.5 Å². The number of aliphatic carboxylic acids is 1. The molecule has 0 spiro atoms. The topological polar surface area (TPSA) is 92.0 Å². The number of H-pyrrole nitrogens is 1. The molecule has 0 saturated heterocycles. The number of nitrogens with zero attached hydrogens (tertiary/aromatic N) is 1. The first-order chi connectivity index (χ1) is 7.18. The summed E-state index contributed by atoms with van der Waals surface area (Å²) in [7, 11) is 0. The lowest BCUT2D eigenvalue weighted by Crippen LogP contribution is -2.32. The van der Waals surface area contributed by atoms with Gasteiger partial charge in [0, 0.05) is 24.2 Å². The highest BCUT2D eigenvalue weighted by Gasteiger charge is 2.14. The minimum Gasteiger partial charge on any atom is -0.480 e. The van der Waals surface area contributed by atoms with E-state index in [4.69, 9.17) is 10.8 Å². The molecule has 0 radical (unpaired) electrons. The van der Waals surface area contributed by atoms with Crippen molar-refractivity contribution in [1.29, 1.82) is 0 Å². The van der Waals surface area contributed by atoms with Crippen LogP contribution in [0.3, 0.4) is 0 Å². The lowest BCUT2D eigenvalue weighted by Gasteiger charge is -2.04. The maximum Gasteiger partial charge on any atom is 0.320 e. The molecule has 6 heteroatoms. The van der Waals surface area contributed by atoms with E-state index >= 15 is 0 Å². The molecular formula is C10H12ClN3O2. The summed E-state index contributed by atoms with van der Waals surface area (Å²) in [6, 6.07) is 2.83. The van der Waals surface area contributed by atoms with Crippen molar-refractivity contribution in [3.8, 4) is 0 Å². The minimum atomic E-state index is -0.992. The van der Waals surface area contributed by atoms with Crippen molar-refractivity contribution < 1.29 is 9.90 Å². The van der Waals surface area contributed by atoms with Gasteiger partial charge in [-0.15, -0.1) is 12.4 Å². The second-order valence-corrected chi connectivity index (χ2v) is 3.36. The molecule has 4 N–H and O–H groups in total. The summed E-state index contributed by atoms with van der Waals surface area (Å²) in [5, 5.41) is 9.63. The van der Waals surface area contributed by atoms with E-state index in [2.05, 4.69) is 9.97 Å². The molecule has 2 aromatic heterocycles. The first kappa shape index (κ1) is 12.5. The second kappa shape index (κ2) is 4.96. The molecule has 0 aliphatic carbocycles. The fourth-order valence-corrected chi connectivity index (χ4v) is 1.51. The van der Waals surface area contributed by atoms with Gasteiger partial charge < -0.3 is 15.8 Å². The van der Waals surface area contributed by atoms with Crippen molar-refractivity contribution in [3.63, 3.8) is 0 Å². The summed E-state index contributed by atoms with van der Waals surface area (Å²) in [4.78, 5) is 17.7. The van der Waals surface area contributed by atoms with E-state index in [-0.39, 0.29) is 12.4 Å². The third-order valence-electron chi connectivity index (χ3n) is 2.29. The molecular weight excluding hydrogens is 230 g/mol. The Morgan fingerprint density at radius 1 is 1.62 bits per heavy atom. The van der Waals surface area contributed by atoms with E-state index in [9.17, 15) is 4.79 Å². The van der Waals surface area contributed by atoms with Crippen molar-refractivity contribution >= 4 is 29.4 Å². The number of rotatable bonds is 3. The van der Waals surface area contributed by atoms with Gasteiger partial charge in [0.1, 0.15) is 11.7 Å². The quantitative estimate of drug-likeness (QED) is 0.746. The van der Waals surface area contributed by atoms with E-state index < -0.39 is 12.0 Å². The highest BCUT2D eigenvalue weighted by molar-refractivity contribution is 5.85. The molecule has 0 saturated carbocycles. The van der Waals surface area contributed by atoms with Gasteiger partial charge in [0.2, 0.25) is 0 Å². The summed E-state index contributed by atoms with van der Waals surface area (Å²) in [5.41, 5.74) is 7.10. The van der Waals surface area contributed by atoms with E-state index in [1.54, 1.807) is 12.4 Å². The van der Waals surface area contributed by atoms with E-state index in [0.29, 0.717) is 6.42 Å². The highest BCUT2D eigenvalue weighted by atomic mass is 35.5. The van der Waals surface area contributed by atoms with Crippen LogP contribution in [-0.4, -0.2) is 27.1 Å². The van der Waals surface area contributed by atoms with Gasteiger partial charge in [-0.1, -0.05) is 0 Å². The van der Waals surface area contributed by atoms with Crippen molar-refractivity contribution in [2.45, 2.75) is 12.5 Å². The predicted molar refractivity (Wildman–Crippen MR) is 62.7 cm³/mol. The third kappa shape index (κ3) is 2.32. The van der Waals surface area contributed by atoms with Gasteiger partial charge >= 0.3 is 5.97 Å². The summed E-state index contributed by atoms with van der Waals surface area (Å²) >= 11 is 0. The van der Waals surface area contributed by atoms with Crippen molar-refractivity contribution in [2.75, 3.05) is 0 Å². The van der Waals surface area contributed by atoms with Crippen LogP contribution in [0.1, 0.15) is 5.56 Å². The maximum atomic E-state index is 10.6. The fourth-order valence-electron chi connectivity index (χ4n) is 1.51. The Morgan fingerprint density at radius 3 is 3.06 bits per heavy atom. The van der Waals surface area contributed by atoms with Gasteiger partial charge in [-0.25, -0.2) is 4.98 Å². The Kier molecular flexibility index (Phi) is 3.87. The van der Waals surface area contributed by atoms with Crippen LogP contribution in [-0.2, 0) is 11.2 Å². The monoisotopic (exact) mass is 241 g/mol. The van der Waals surface area contributed by atoms with E-state index in [0.717, 1.165) is 16.6 Å². The van der Waals surface area contributed by atoms with Gasteiger partial charge in [-0.3, -0.25) is 4.79 Å². The van der Waals surface area contributed by atoms with Gasteiger partial charge in [-0.05, 0) is 17.7 Å². The molecule has 0 aliphatic heterocycles. The zero-order valence-electron chi connectivity index (χ0n) is 8.38. The highest BCUT2D eigenvalue weighted by Crippen LogP contribution is 2.16. The number of nitrogens with two attached hydrogens (primary N) is 1. The Labute approximate surface area is 98.1 Å². The molecule has 2 heterocycles. The smallest absolute Gasteiger partial charge is 0.320 e. The molecule has 2 aromatic rings. The lowest BCUT2D eigenvalue weighted by atomic mass is 10.1. The predicted octanol–water partition coefficient (Wildman–Crippen LogP) is 0.939. The second-order valence-electron chi connectivity index (χ2n) is 3.36. The van der Waals surface area contributed by atoms with Gasteiger partial charge in [0.25, 0.3) is 0 Å². The average molecular weight is 242 g/mol. The maximum absolute atomic E-state index is 10.6. The van der Waals surface area contributed by atoms with E-state index in [1.807, 2.05) is 12.1 Å². The number of pyridine rings is 1. The lowest BCUT2D eigenvalue weighted by molar-refractivity contribution is -0.138. The van der Waals surface area contributed by atoms with Gasteiger partial charge in [-0.2, -0.15) is 0 Å². The molecule has 5 nitrogen and oxygen atoms in total. The molecule has 86 valence electrons. The number of aromatic amines is 1. The zero-order chi connectivity index (χ0) is 10.8. The first-order valence-electron chi connectivity index (χ1n) is 4.58. The normalized spacial score (nSPS) is 12.1. The standard InChI is InChI=1S/C10H11N3O2.ClH/c11-8(10(14)15)4-6-5-13-9-7(6)2-1-3-12-9;/h1-3,5,8H,4,11H2,(H,12,13)(H,14,15);1H. The van der Waals surface area contributed by atoms with Gasteiger partial charge in [0.05, 0.1) is 0 Å². The largest absolute Gasteiger partial charge is 0.480 e. The number of carbonyl (C=O) groups is 1. The Balaban J connectivity index is 0.00000128. The molecule has 0 aliphatic rings. The van der Waals surface area contributed by atoms with Crippen LogP contribution in [0.5, 0.6) is 0 Å². The number of carboxylic acids is 1. The molecule has 0 bridgehead atoms. The minimum absolute atomic E-state index is 0. The molecule has 0 aromatic carbocycles. The first-order valence-corrected chi connectivity index (χ1v) is 4.58. The molecule has 0 fully saturated rings. The van der Waals surface area contributed by atoms with E-state index in [1.165, 1.54) is 0 Å². The molecule has 16 heavy (non-hydrogen) atoms. The summed E-state index contributed by atoms with van der Waals surface area (Å²) in [6.45, 7) is 0. The number of hydrogen-bond donors (Lipinski definition) is 3. The summed E-state index contributed by atoms with van der Waals surface area (Å²) in [5.74, 6) is -0.992. The number of nitrogens with one attached hydrogen (secondary N) is 1. The molecule has 0 amide bonds. The number of carboxylic acid groups (broad SMARTS) is 1. The van der Waals surface area contributed by atoms with Crippen LogP contribution in [0, 0.1) is 0 Å².